The summed E-state index contributed by atoms with van der Waals surface area (Å²) in [6, 6.07) is 16.7. The molecule has 0 fully saturated rings. The summed E-state index contributed by atoms with van der Waals surface area (Å²) in [7, 11) is 0. The second-order valence-electron chi connectivity index (χ2n) is 4.07. The lowest BCUT2D eigenvalue weighted by molar-refractivity contribution is -0.119. The molecule has 102 valence electrons. The standard InChI is InChI=1S/C15H14ClN3O/c16-13-7-4-8-14(9-13)17-11-15(20)19-18-10-12-5-2-1-3-6-12/h1-10,17H,11H2,(H,19,20)/b18-10-. The maximum absolute atomic E-state index is 11.6. The van der Waals surface area contributed by atoms with Crippen molar-refractivity contribution in [1.29, 1.82) is 0 Å². The third-order valence-corrected chi connectivity index (χ3v) is 2.72. The first-order valence-corrected chi connectivity index (χ1v) is 6.48. The van der Waals surface area contributed by atoms with Crippen molar-refractivity contribution < 1.29 is 4.79 Å². The highest BCUT2D eigenvalue weighted by molar-refractivity contribution is 6.30. The van der Waals surface area contributed by atoms with Gasteiger partial charge in [-0.25, -0.2) is 5.43 Å². The van der Waals surface area contributed by atoms with Crippen molar-refractivity contribution in [3.63, 3.8) is 0 Å². The third kappa shape index (κ3) is 4.74. The second-order valence-corrected chi connectivity index (χ2v) is 4.50. The summed E-state index contributed by atoms with van der Waals surface area (Å²) in [6.07, 6.45) is 1.59. The van der Waals surface area contributed by atoms with E-state index >= 15 is 0 Å². The van der Waals surface area contributed by atoms with Gasteiger partial charge < -0.3 is 5.32 Å². The molecule has 0 aromatic heterocycles. The minimum atomic E-state index is -0.225. The summed E-state index contributed by atoms with van der Waals surface area (Å²) in [5.41, 5.74) is 4.17. The van der Waals surface area contributed by atoms with Gasteiger partial charge in [-0.15, -0.1) is 0 Å². The first-order chi connectivity index (χ1) is 9.74. The molecule has 2 aromatic carbocycles. The number of hydrogen-bond acceptors (Lipinski definition) is 3. The molecule has 4 nitrogen and oxygen atoms in total. The summed E-state index contributed by atoms with van der Waals surface area (Å²) in [5, 5.41) is 7.47. The van der Waals surface area contributed by atoms with E-state index in [0.29, 0.717) is 5.02 Å². The molecule has 0 spiro atoms. The molecule has 2 N–H and O–H groups in total. The zero-order valence-corrected chi connectivity index (χ0v) is 11.5. The second kappa shape index (κ2) is 7.31. The largest absolute Gasteiger partial charge is 0.376 e. The SMILES string of the molecule is O=C(CNc1cccc(Cl)c1)N/N=C\c1ccccc1. The smallest absolute Gasteiger partial charge is 0.259 e. The van der Waals surface area contributed by atoms with E-state index in [1.807, 2.05) is 42.5 Å². The number of anilines is 1. The molecule has 0 aliphatic heterocycles. The van der Waals surface area contributed by atoms with Crippen molar-refractivity contribution in [1.82, 2.24) is 5.43 Å². The molecule has 0 unspecified atom stereocenters. The first-order valence-electron chi connectivity index (χ1n) is 6.10. The van der Waals surface area contributed by atoms with Gasteiger partial charge >= 0.3 is 0 Å². The number of amides is 1. The highest BCUT2D eigenvalue weighted by Crippen LogP contribution is 2.14. The molecular weight excluding hydrogens is 274 g/mol. The molecule has 5 heteroatoms. The normalized spacial score (nSPS) is 10.4. The highest BCUT2D eigenvalue weighted by Gasteiger charge is 1.99. The summed E-state index contributed by atoms with van der Waals surface area (Å²) < 4.78 is 0. The molecule has 2 aromatic rings. The van der Waals surface area contributed by atoms with Crippen LogP contribution < -0.4 is 10.7 Å². The average molecular weight is 288 g/mol. The van der Waals surface area contributed by atoms with Crippen molar-refractivity contribution >= 4 is 29.4 Å². The van der Waals surface area contributed by atoms with E-state index in [-0.39, 0.29) is 12.5 Å². The van der Waals surface area contributed by atoms with Gasteiger partial charge in [0, 0.05) is 10.7 Å². The molecule has 1 amide bonds. The fourth-order valence-corrected chi connectivity index (χ4v) is 1.73. The van der Waals surface area contributed by atoms with Gasteiger partial charge in [-0.3, -0.25) is 4.79 Å². The summed E-state index contributed by atoms with van der Waals surface area (Å²) in [4.78, 5) is 11.6. The molecule has 20 heavy (non-hydrogen) atoms. The number of benzene rings is 2. The Labute approximate surface area is 122 Å². The van der Waals surface area contributed by atoms with Crippen LogP contribution in [-0.2, 0) is 4.79 Å². The topological polar surface area (TPSA) is 53.5 Å². The summed E-state index contributed by atoms with van der Waals surface area (Å²) in [6.45, 7) is 0.131. The predicted octanol–water partition coefficient (Wildman–Crippen LogP) is 2.90. The van der Waals surface area contributed by atoms with Gasteiger partial charge in [0.25, 0.3) is 5.91 Å². The van der Waals surface area contributed by atoms with Crippen LogP contribution >= 0.6 is 11.6 Å². The van der Waals surface area contributed by atoms with Crippen LogP contribution in [0, 0.1) is 0 Å². The van der Waals surface area contributed by atoms with Crippen LogP contribution in [0.15, 0.2) is 59.7 Å². The molecular formula is C15H14ClN3O. The Morgan fingerprint density at radius 2 is 1.95 bits per heavy atom. The lowest BCUT2D eigenvalue weighted by Gasteiger charge is -2.05. The molecule has 2 rings (SSSR count). The molecule has 0 atom stereocenters. The number of rotatable bonds is 5. The number of nitrogens with zero attached hydrogens (tertiary/aromatic N) is 1. The van der Waals surface area contributed by atoms with Crippen LogP contribution in [0.5, 0.6) is 0 Å². The zero-order chi connectivity index (χ0) is 14.2. The van der Waals surface area contributed by atoms with Gasteiger partial charge in [0.2, 0.25) is 0 Å². The molecule has 0 radical (unpaired) electrons. The van der Waals surface area contributed by atoms with Gasteiger partial charge in [0.1, 0.15) is 0 Å². The van der Waals surface area contributed by atoms with Gasteiger partial charge in [-0.2, -0.15) is 5.10 Å². The number of nitrogens with one attached hydrogen (secondary N) is 2. The van der Waals surface area contributed by atoms with Crippen LogP contribution in [0.3, 0.4) is 0 Å². The Morgan fingerprint density at radius 3 is 2.70 bits per heavy atom. The van der Waals surface area contributed by atoms with Crippen LogP contribution in [0.2, 0.25) is 5.02 Å². The fraction of sp³-hybridized carbons (Fsp3) is 0.0667. The monoisotopic (exact) mass is 287 g/mol. The van der Waals surface area contributed by atoms with Crippen LogP contribution in [0.1, 0.15) is 5.56 Å². The van der Waals surface area contributed by atoms with E-state index < -0.39 is 0 Å². The Balaban J connectivity index is 1.77. The molecule has 0 saturated heterocycles. The van der Waals surface area contributed by atoms with E-state index in [4.69, 9.17) is 11.6 Å². The Bertz CT molecular complexity index is 599. The van der Waals surface area contributed by atoms with E-state index in [1.165, 1.54) is 0 Å². The molecule has 0 aliphatic rings. The maximum atomic E-state index is 11.6. The molecule has 0 saturated carbocycles. The van der Waals surface area contributed by atoms with Crippen molar-refractivity contribution in [3.8, 4) is 0 Å². The van der Waals surface area contributed by atoms with Crippen LogP contribution in [0.25, 0.3) is 0 Å². The summed E-state index contributed by atoms with van der Waals surface area (Å²) in [5.74, 6) is -0.225. The van der Waals surface area contributed by atoms with Crippen molar-refractivity contribution in [3.05, 3.63) is 65.2 Å². The van der Waals surface area contributed by atoms with Crippen molar-refractivity contribution in [2.45, 2.75) is 0 Å². The molecule has 0 bridgehead atoms. The van der Waals surface area contributed by atoms with Crippen LogP contribution in [-0.4, -0.2) is 18.7 Å². The number of carbonyl (C=O) groups excluding carboxylic acids is 1. The number of carbonyl (C=O) groups is 1. The minimum Gasteiger partial charge on any atom is -0.376 e. The van der Waals surface area contributed by atoms with Gasteiger partial charge in [-0.05, 0) is 23.8 Å². The van der Waals surface area contributed by atoms with Crippen molar-refractivity contribution in [2.24, 2.45) is 5.10 Å². The van der Waals surface area contributed by atoms with Crippen LogP contribution in [0.4, 0.5) is 5.69 Å². The Morgan fingerprint density at radius 1 is 1.15 bits per heavy atom. The Hall–Kier alpha value is -2.33. The number of hydrazone groups is 1. The van der Waals surface area contributed by atoms with Gasteiger partial charge in [-0.1, -0.05) is 48.0 Å². The number of halogens is 1. The van der Waals surface area contributed by atoms with Gasteiger partial charge in [0.15, 0.2) is 0 Å². The molecule has 0 heterocycles. The minimum absolute atomic E-state index is 0.131. The van der Waals surface area contributed by atoms with E-state index in [0.717, 1.165) is 11.3 Å². The fourth-order valence-electron chi connectivity index (χ4n) is 1.54. The summed E-state index contributed by atoms with van der Waals surface area (Å²) >= 11 is 5.85. The van der Waals surface area contributed by atoms with E-state index in [1.54, 1.807) is 18.3 Å². The Kier molecular flexibility index (Phi) is 5.15. The van der Waals surface area contributed by atoms with Gasteiger partial charge in [0.05, 0.1) is 12.8 Å². The number of hydrogen-bond donors (Lipinski definition) is 2. The predicted molar refractivity (Wildman–Crippen MR) is 82.1 cm³/mol. The lowest BCUT2D eigenvalue weighted by Crippen LogP contribution is -2.25. The molecule has 0 aliphatic carbocycles. The first kappa shape index (κ1) is 14.1. The van der Waals surface area contributed by atoms with Crippen molar-refractivity contribution in [2.75, 3.05) is 11.9 Å². The zero-order valence-electron chi connectivity index (χ0n) is 10.7. The maximum Gasteiger partial charge on any atom is 0.259 e. The average Bonchev–Trinajstić information content (AvgIpc) is 2.46. The third-order valence-electron chi connectivity index (χ3n) is 2.48. The van der Waals surface area contributed by atoms with E-state index in [2.05, 4.69) is 15.8 Å². The van der Waals surface area contributed by atoms with E-state index in [9.17, 15) is 4.79 Å². The highest BCUT2D eigenvalue weighted by atomic mass is 35.5. The lowest BCUT2D eigenvalue weighted by atomic mass is 10.2. The quantitative estimate of drug-likeness (QED) is 0.656.